The lowest BCUT2D eigenvalue weighted by atomic mass is 10.1. The van der Waals surface area contributed by atoms with Gasteiger partial charge in [-0.05, 0) is 54.4 Å². The lowest BCUT2D eigenvalue weighted by Crippen LogP contribution is -2.23. The monoisotopic (exact) mass is 370 g/mol. The molecule has 3 aromatic rings. The van der Waals surface area contributed by atoms with Crippen LogP contribution in [-0.4, -0.2) is 24.1 Å². The largest absolute Gasteiger partial charge is 0.348 e. The Kier molecular flexibility index (Phi) is 4.88. The van der Waals surface area contributed by atoms with Crippen LogP contribution in [0.3, 0.4) is 0 Å². The van der Waals surface area contributed by atoms with Crippen LogP contribution in [0.2, 0.25) is 0 Å². The van der Waals surface area contributed by atoms with Gasteiger partial charge in [0, 0.05) is 18.3 Å². The summed E-state index contributed by atoms with van der Waals surface area (Å²) >= 11 is 0. The van der Waals surface area contributed by atoms with E-state index in [1.54, 1.807) is 35.1 Å². The number of primary sulfonamides is 1. The standard InChI is InChI=1S/C18H18N4O3S/c1-13-10-21-22(12-13)16-7-5-15(6-8-16)18(23)20-11-14-3-2-4-17(9-14)26(19,24)25/h2-10,12H,11H2,1H3,(H,20,23)(H2,19,24,25). The zero-order valence-corrected chi connectivity index (χ0v) is 14.9. The van der Waals surface area contributed by atoms with E-state index in [0.29, 0.717) is 11.1 Å². The first-order valence-electron chi connectivity index (χ1n) is 7.84. The maximum Gasteiger partial charge on any atom is 0.251 e. The number of nitrogens with zero attached hydrogens (tertiary/aromatic N) is 2. The van der Waals surface area contributed by atoms with Crippen molar-refractivity contribution in [3.05, 3.63) is 77.6 Å². The number of carbonyl (C=O) groups is 1. The summed E-state index contributed by atoms with van der Waals surface area (Å²) in [5.41, 5.74) is 3.05. The molecule has 8 heteroatoms. The van der Waals surface area contributed by atoms with Gasteiger partial charge in [0.15, 0.2) is 0 Å². The Hall–Kier alpha value is -2.97. The van der Waals surface area contributed by atoms with Gasteiger partial charge in [-0.1, -0.05) is 12.1 Å². The molecule has 3 rings (SSSR count). The van der Waals surface area contributed by atoms with Crippen LogP contribution in [0.4, 0.5) is 0 Å². The van der Waals surface area contributed by atoms with E-state index >= 15 is 0 Å². The fraction of sp³-hybridized carbons (Fsp3) is 0.111. The normalized spacial score (nSPS) is 11.3. The highest BCUT2D eigenvalue weighted by Crippen LogP contribution is 2.12. The Morgan fingerprint density at radius 1 is 1.19 bits per heavy atom. The third-order valence-corrected chi connectivity index (χ3v) is 4.70. The van der Waals surface area contributed by atoms with Crippen molar-refractivity contribution in [2.45, 2.75) is 18.4 Å². The summed E-state index contributed by atoms with van der Waals surface area (Å²) in [6.07, 6.45) is 3.66. The number of aryl methyl sites for hydroxylation is 1. The number of nitrogens with one attached hydrogen (secondary N) is 1. The Labute approximate surface area is 151 Å². The fourth-order valence-electron chi connectivity index (χ4n) is 2.44. The van der Waals surface area contributed by atoms with E-state index in [1.807, 2.05) is 25.3 Å². The zero-order valence-electron chi connectivity index (χ0n) is 14.1. The minimum absolute atomic E-state index is 0.0168. The third kappa shape index (κ3) is 4.16. The maximum atomic E-state index is 12.3. The van der Waals surface area contributed by atoms with E-state index in [1.165, 1.54) is 12.1 Å². The highest BCUT2D eigenvalue weighted by molar-refractivity contribution is 7.89. The Morgan fingerprint density at radius 2 is 1.92 bits per heavy atom. The second-order valence-electron chi connectivity index (χ2n) is 5.88. The Bertz CT molecular complexity index is 1040. The molecule has 0 fully saturated rings. The van der Waals surface area contributed by atoms with Crippen molar-refractivity contribution in [2.24, 2.45) is 5.14 Å². The molecule has 26 heavy (non-hydrogen) atoms. The number of hydrogen-bond acceptors (Lipinski definition) is 4. The van der Waals surface area contributed by atoms with Gasteiger partial charge in [0.2, 0.25) is 10.0 Å². The zero-order chi connectivity index (χ0) is 18.7. The summed E-state index contributed by atoms with van der Waals surface area (Å²) < 4.78 is 24.5. The number of amides is 1. The predicted octanol–water partition coefficient (Wildman–Crippen LogP) is 1.76. The van der Waals surface area contributed by atoms with Gasteiger partial charge in [0.25, 0.3) is 5.91 Å². The molecule has 1 amide bonds. The van der Waals surface area contributed by atoms with E-state index < -0.39 is 10.0 Å². The first kappa shape index (κ1) is 17.8. The van der Waals surface area contributed by atoms with Gasteiger partial charge >= 0.3 is 0 Å². The topological polar surface area (TPSA) is 107 Å². The minimum atomic E-state index is -3.77. The van der Waals surface area contributed by atoms with Crippen LogP contribution in [0.15, 0.2) is 65.8 Å². The highest BCUT2D eigenvalue weighted by atomic mass is 32.2. The number of rotatable bonds is 5. The quantitative estimate of drug-likeness (QED) is 0.713. The average Bonchev–Trinajstić information content (AvgIpc) is 3.06. The lowest BCUT2D eigenvalue weighted by molar-refractivity contribution is 0.0951. The van der Waals surface area contributed by atoms with Crippen LogP contribution >= 0.6 is 0 Å². The van der Waals surface area contributed by atoms with Crippen molar-refractivity contribution in [3.8, 4) is 5.69 Å². The molecule has 0 saturated heterocycles. The van der Waals surface area contributed by atoms with Gasteiger partial charge in [0.05, 0.1) is 16.8 Å². The SMILES string of the molecule is Cc1cnn(-c2ccc(C(=O)NCc3cccc(S(N)(=O)=O)c3)cc2)c1. The van der Waals surface area contributed by atoms with Gasteiger partial charge in [0.1, 0.15) is 0 Å². The van der Waals surface area contributed by atoms with Gasteiger partial charge in [-0.3, -0.25) is 4.79 Å². The molecule has 0 aliphatic rings. The first-order valence-corrected chi connectivity index (χ1v) is 9.39. The van der Waals surface area contributed by atoms with E-state index in [2.05, 4.69) is 10.4 Å². The summed E-state index contributed by atoms with van der Waals surface area (Å²) in [7, 11) is -3.77. The van der Waals surface area contributed by atoms with Crippen LogP contribution < -0.4 is 10.5 Å². The number of benzene rings is 2. The smallest absolute Gasteiger partial charge is 0.251 e. The number of sulfonamides is 1. The molecule has 0 bridgehead atoms. The number of hydrogen-bond donors (Lipinski definition) is 2. The number of nitrogens with two attached hydrogens (primary N) is 1. The second-order valence-corrected chi connectivity index (χ2v) is 7.45. The Morgan fingerprint density at radius 3 is 2.54 bits per heavy atom. The molecule has 0 radical (unpaired) electrons. The van der Waals surface area contributed by atoms with Crippen molar-refractivity contribution >= 4 is 15.9 Å². The average molecular weight is 370 g/mol. The van der Waals surface area contributed by atoms with E-state index in [4.69, 9.17) is 5.14 Å². The summed E-state index contributed by atoms with van der Waals surface area (Å²) in [5, 5.41) is 12.1. The molecule has 0 saturated carbocycles. The molecule has 0 aliphatic carbocycles. The maximum absolute atomic E-state index is 12.3. The molecular weight excluding hydrogens is 352 g/mol. The molecule has 3 N–H and O–H groups in total. The van der Waals surface area contributed by atoms with Crippen LogP contribution in [0.1, 0.15) is 21.5 Å². The van der Waals surface area contributed by atoms with Crippen molar-refractivity contribution < 1.29 is 13.2 Å². The molecule has 0 unspecified atom stereocenters. The first-order chi connectivity index (χ1) is 12.3. The summed E-state index contributed by atoms with van der Waals surface area (Å²) in [4.78, 5) is 12.3. The van der Waals surface area contributed by atoms with E-state index in [9.17, 15) is 13.2 Å². The van der Waals surface area contributed by atoms with Crippen LogP contribution in [-0.2, 0) is 16.6 Å². The van der Waals surface area contributed by atoms with Gasteiger partial charge in [-0.15, -0.1) is 0 Å². The molecule has 2 aromatic carbocycles. The molecular formula is C18H18N4O3S. The predicted molar refractivity (Wildman–Crippen MR) is 97.3 cm³/mol. The van der Waals surface area contributed by atoms with Crippen molar-refractivity contribution in [1.82, 2.24) is 15.1 Å². The molecule has 134 valence electrons. The van der Waals surface area contributed by atoms with Gasteiger partial charge in [-0.2, -0.15) is 5.10 Å². The molecule has 0 aliphatic heterocycles. The van der Waals surface area contributed by atoms with E-state index in [0.717, 1.165) is 11.3 Å². The molecule has 0 atom stereocenters. The van der Waals surface area contributed by atoms with E-state index in [-0.39, 0.29) is 17.3 Å². The molecule has 0 spiro atoms. The van der Waals surface area contributed by atoms with Crippen LogP contribution in [0, 0.1) is 6.92 Å². The summed E-state index contributed by atoms with van der Waals surface area (Å²) in [5.74, 6) is -0.255. The summed E-state index contributed by atoms with van der Waals surface area (Å²) in [6.45, 7) is 2.15. The van der Waals surface area contributed by atoms with Crippen LogP contribution in [0.25, 0.3) is 5.69 Å². The van der Waals surface area contributed by atoms with Crippen molar-refractivity contribution in [3.63, 3.8) is 0 Å². The summed E-state index contributed by atoms with van der Waals surface area (Å²) in [6, 6.07) is 13.2. The fourth-order valence-corrected chi connectivity index (χ4v) is 3.02. The molecule has 1 heterocycles. The second kappa shape index (κ2) is 7.11. The Balaban J connectivity index is 1.67. The minimum Gasteiger partial charge on any atom is -0.348 e. The number of aromatic nitrogens is 2. The van der Waals surface area contributed by atoms with Crippen molar-refractivity contribution in [1.29, 1.82) is 0 Å². The van der Waals surface area contributed by atoms with Crippen molar-refractivity contribution in [2.75, 3.05) is 0 Å². The van der Waals surface area contributed by atoms with Crippen LogP contribution in [0.5, 0.6) is 0 Å². The lowest BCUT2D eigenvalue weighted by Gasteiger charge is -2.08. The molecule has 1 aromatic heterocycles. The highest BCUT2D eigenvalue weighted by Gasteiger charge is 2.10. The van der Waals surface area contributed by atoms with Gasteiger partial charge < -0.3 is 5.32 Å². The molecule has 7 nitrogen and oxygen atoms in total. The van der Waals surface area contributed by atoms with Gasteiger partial charge in [-0.25, -0.2) is 18.2 Å². The third-order valence-electron chi connectivity index (χ3n) is 3.79. The number of carbonyl (C=O) groups excluding carboxylic acids is 1.